The monoisotopic (exact) mass is 286 g/mol. The van der Waals surface area contributed by atoms with Gasteiger partial charge in [0.2, 0.25) is 0 Å². The predicted molar refractivity (Wildman–Crippen MR) is 84.1 cm³/mol. The van der Waals surface area contributed by atoms with E-state index in [0.29, 0.717) is 0 Å². The molecule has 20 heavy (non-hydrogen) atoms. The molecule has 5 nitrogen and oxygen atoms in total. The fourth-order valence-electron chi connectivity index (χ4n) is 1.78. The molecule has 1 radical (unpaired) electrons. The van der Waals surface area contributed by atoms with Crippen LogP contribution in [-0.4, -0.2) is 12.1 Å². The molecule has 0 aliphatic carbocycles. The van der Waals surface area contributed by atoms with Crippen molar-refractivity contribution in [2.45, 2.75) is 78.6 Å². The van der Waals surface area contributed by atoms with Crippen LogP contribution < -0.4 is 16.8 Å². The third kappa shape index (κ3) is 19.1. The number of rotatable bonds is 9. The van der Waals surface area contributed by atoms with Crippen LogP contribution in [0.15, 0.2) is 0 Å². The van der Waals surface area contributed by atoms with Crippen LogP contribution in [0.2, 0.25) is 0 Å². The fraction of sp³-hybridized carbons (Fsp3) is 0.800. The molecule has 0 atom stereocenters. The molecule has 4 amide bonds. The van der Waals surface area contributed by atoms with Crippen molar-refractivity contribution in [1.82, 2.24) is 5.32 Å². The van der Waals surface area contributed by atoms with Crippen molar-refractivity contribution in [3.8, 4) is 0 Å². The van der Waals surface area contributed by atoms with Crippen molar-refractivity contribution in [2.24, 2.45) is 11.5 Å². The van der Waals surface area contributed by atoms with E-state index in [2.05, 4.69) is 32.2 Å². The van der Waals surface area contributed by atoms with Crippen molar-refractivity contribution in [1.29, 1.82) is 0 Å². The number of hydrogen-bond acceptors (Lipinski definition) is 2. The Kier molecular flexibility index (Phi) is 16.6. The Balaban J connectivity index is 0. The van der Waals surface area contributed by atoms with Crippen LogP contribution >= 0.6 is 0 Å². The van der Waals surface area contributed by atoms with E-state index < -0.39 is 12.1 Å². The summed E-state index contributed by atoms with van der Waals surface area (Å²) in [5.74, 6) is 1.84. The molecule has 0 bridgehead atoms. The highest BCUT2D eigenvalue weighted by atomic mass is 16.2. The van der Waals surface area contributed by atoms with Gasteiger partial charge in [0, 0.05) is 0 Å². The molecular formula is C15H32N3O2. The largest absolute Gasteiger partial charge is 0.351 e. The number of nitrogens with two attached hydrogens (primary N) is 2. The summed E-state index contributed by atoms with van der Waals surface area (Å²) in [4.78, 5) is 19.2. The molecule has 0 aliphatic rings. The predicted octanol–water partition coefficient (Wildman–Crippen LogP) is 3.86. The number of amides is 4. The van der Waals surface area contributed by atoms with Gasteiger partial charge in [0.15, 0.2) is 0 Å². The van der Waals surface area contributed by atoms with E-state index in [-0.39, 0.29) is 0 Å². The van der Waals surface area contributed by atoms with E-state index in [9.17, 15) is 9.59 Å². The number of unbranched alkanes of at least 4 members (excludes halogenated alkanes) is 3. The van der Waals surface area contributed by atoms with Gasteiger partial charge >= 0.3 is 12.1 Å². The summed E-state index contributed by atoms with van der Waals surface area (Å²) in [6, 6.07) is -1.88. The van der Waals surface area contributed by atoms with E-state index in [1.807, 2.05) is 5.92 Å². The van der Waals surface area contributed by atoms with Gasteiger partial charge in [-0.15, -0.1) is 0 Å². The van der Waals surface area contributed by atoms with Gasteiger partial charge in [-0.2, -0.15) is 0 Å². The zero-order valence-electron chi connectivity index (χ0n) is 13.3. The van der Waals surface area contributed by atoms with E-state index >= 15 is 0 Å². The van der Waals surface area contributed by atoms with E-state index in [1.165, 1.54) is 57.8 Å². The molecule has 0 heterocycles. The summed E-state index contributed by atoms with van der Waals surface area (Å²) in [6.45, 7) is 6.87. The molecule has 0 unspecified atom stereocenters. The van der Waals surface area contributed by atoms with Crippen LogP contribution in [0.4, 0.5) is 9.59 Å². The van der Waals surface area contributed by atoms with Gasteiger partial charge in [-0.25, -0.2) is 9.59 Å². The summed E-state index contributed by atoms with van der Waals surface area (Å²) < 4.78 is 0. The summed E-state index contributed by atoms with van der Waals surface area (Å²) in [5.41, 5.74) is 8.88. The fourth-order valence-corrected chi connectivity index (χ4v) is 1.78. The minimum atomic E-state index is -0.938. The van der Waals surface area contributed by atoms with Crippen LogP contribution in [0, 0.1) is 5.92 Å². The second-order valence-electron chi connectivity index (χ2n) is 4.91. The Hall–Kier alpha value is -1.26. The minimum absolute atomic E-state index is 0.937. The number of hydrogen-bond donors (Lipinski definition) is 3. The standard InChI is InChI=1S/C13H27.C2H5N3O2/c1-4-7-10-13(11-8-5-2)12-9-6-3;3-1(6)5-2(4)7/h4-12H2,1-3H3;(H5,3,4,5,6,7). The lowest BCUT2D eigenvalue weighted by Crippen LogP contribution is -2.38. The normalized spacial score (nSPS) is 9.80. The Bertz CT molecular complexity index is 214. The van der Waals surface area contributed by atoms with Gasteiger partial charge in [-0.3, -0.25) is 5.32 Å². The van der Waals surface area contributed by atoms with Gasteiger partial charge in [0.05, 0.1) is 0 Å². The molecule has 0 aromatic carbocycles. The molecule has 0 aromatic rings. The summed E-state index contributed by atoms with van der Waals surface area (Å²) >= 11 is 0. The Morgan fingerprint density at radius 1 is 0.750 bits per heavy atom. The highest BCUT2D eigenvalue weighted by molar-refractivity contribution is 5.91. The maximum atomic E-state index is 9.62. The maximum Gasteiger partial charge on any atom is 0.320 e. The van der Waals surface area contributed by atoms with Crippen LogP contribution in [-0.2, 0) is 0 Å². The zero-order valence-corrected chi connectivity index (χ0v) is 13.3. The first kappa shape index (κ1) is 21.0. The Labute approximate surface area is 123 Å². The molecule has 0 spiro atoms. The molecule has 0 saturated carbocycles. The molecule has 5 N–H and O–H groups in total. The van der Waals surface area contributed by atoms with Crippen molar-refractivity contribution in [2.75, 3.05) is 0 Å². The first-order valence-electron chi connectivity index (χ1n) is 7.67. The highest BCUT2D eigenvalue weighted by Gasteiger charge is 2.07. The molecule has 0 aromatic heterocycles. The first-order valence-corrected chi connectivity index (χ1v) is 7.67. The third-order valence-electron chi connectivity index (χ3n) is 2.90. The Morgan fingerprint density at radius 3 is 1.20 bits per heavy atom. The van der Waals surface area contributed by atoms with Gasteiger partial charge in [-0.05, 0) is 25.2 Å². The van der Waals surface area contributed by atoms with E-state index in [4.69, 9.17) is 0 Å². The molecule has 0 aliphatic heterocycles. The summed E-state index contributed by atoms with van der Waals surface area (Å²) in [6.07, 6.45) is 12.5. The molecule has 5 heteroatoms. The lowest BCUT2D eigenvalue weighted by Gasteiger charge is -2.14. The van der Waals surface area contributed by atoms with Crippen molar-refractivity contribution < 1.29 is 9.59 Å². The van der Waals surface area contributed by atoms with Gasteiger partial charge in [0.25, 0.3) is 0 Å². The maximum absolute atomic E-state index is 9.62. The lowest BCUT2D eigenvalue weighted by molar-refractivity contribution is 0.236. The van der Waals surface area contributed by atoms with Gasteiger partial charge in [0.1, 0.15) is 0 Å². The SMILES string of the molecule is CCCC[C](CCCC)CCCC.NC(=O)NC(N)=O. The van der Waals surface area contributed by atoms with Crippen LogP contribution in [0.25, 0.3) is 0 Å². The molecular weight excluding hydrogens is 254 g/mol. The molecule has 119 valence electrons. The average molecular weight is 286 g/mol. The number of nitrogens with one attached hydrogen (secondary N) is 1. The molecule has 0 fully saturated rings. The topological polar surface area (TPSA) is 98.2 Å². The number of urea groups is 2. The quantitative estimate of drug-likeness (QED) is 0.599. The summed E-state index contributed by atoms with van der Waals surface area (Å²) in [5, 5.41) is 1.58. The van der Waals surface area contributed by atoms with Crippen LogP contribution in [0.5, 0.6) is 0 Å². The van der Waals surface area contributed by atoms with Crippen LogP contribution in [0.1, 0.15) is 78.6 Å². The highest BCUT2D eigenvalue weighted by Crippen LogP contribution is 2.23. The minimum Gasteiger partial charge on any atom is -0.351 e. The number of carbonyl (C=O) groups is 2. The first-order chi connectivity index (χ1) is 9.47. The van der Waals surface area contributed by atoms with Crippen molar-refractivity contribution >= 4 is 12.1 Å². The second-order valence-corrected chi connectivity index (χ2v) is 4.91. The van der Waals surface area contributed by atoms with Gasteiger partial charge in [-0.1, -0.05) is 59.3 Å². The molecule has 0 saturated heterocycles. The average Bonchev–Trinajstić information content (AvgIpc) is 2.37. The smallest absolute Gasteiger partial charge is 0.320 e. The van der Waals surface area contributed by atoms with E-state index in [0.717, 1.165) is 0 Å². The third-order valence-corrected chi connectivity index (χ3v) is 2.90. The van der Waals surface area contributed by atoms with Gasteiger partial charge < -0.3 is 11.5 Å². The Morgan fingerprint density at radius 2 is 1.05 bits per heavy atom. The van der Waals surface area contributed by atoms with Crippen LogP contribution in [0.3, 0.4) is 0 Å². The summed E-state index contributed by atoms with van der Waals surface area (Å²) in [7, 11) is 0. The van der Waals surface area contributed by atoms with Crippen molar-refractivity contribution in [3.63, 3.8) is 0 Å². The van der Waals surface area contributed by atoms with Crippen molar-refractivity contribution in [3.05, 3.63) is 5.92 Å². The second kappa shape index (κ2) is 15.8. The van der Waals surface area contributed by atoms with E-state index in [1.54, 1.807) is 5.32 Å². The zero-order chi connectivity index (χ0) is 15.8. The number of primary amides is 2. The molecule has 0 rings (SSSR count). The number of imide groups is 1. The lowest BCUT2D eigenvalue weighted by atomic mass is 9.91. The number of carbonyl (C=O) groups excluding carboxylic acids is 2.